The molecule has 0 aliphatic heterocycles. The Bertz CT molecular complexity index is 749. The van der Waals surface area contributed by atoms with Gasteiger partial charge in [-0.15, -0.1) is 5.10 Å². The van der Waals surface area contributed by atoms with E-state index in [1.807, 2.05) is 0 Å². The Labute approximate surface area is 110 Å². The fourth-order valence-corrected chi connectivity index (χ4v) is 1.75. The van der Waals surface area contributed by atoms with E-state index in [1.54, 1.807) is 12.3 Å². The predicted molar refractivity (Wildman–Crippen MR) is 62.9 cm³/mol. The van der Waals surface area contributed by atoms with Crippen molar-refractivity contribution < 1.29 is 13.4 Å². The number of nitrogens with zero attached hydrogens (tertiary/aromatic N) is 5. The minimum atomic E-state index is 0.234. The zero-order valence-corrected chi connectivity index (χ0v) is 9.85. The van der Waals surface area contributed by atoms with Crippen molar-refractivity contribution in [2.75, 3.05) is 0 Å². The number of hydrogen-bond donors (Lipinski definition) is 1. The van der Waals surface area contributed by atoms with E-state index in [1.165, 1.54) is 18.7 Å². The van der Waals surface area contributed by atoms with Gasteiger partial charge in [0, 0.05) is 11.5 Å². The molecule has 0 fully saturated rings. The molecule has 0 radical (unpaired) electrons. The largest absolute Gasteiger partial charge is 0.441 e. The molecule has 0 aliphatic carbocycles. The molecule has 0 unspecified atom stereocenters. The average molecular weight is 270 g/mol. The van der Waals surface area contributed by atoms with Crippen LogP contribution in [0.5, 0.6) is 0 Å². The second kappa shape index (κ2) is 4.16. The molecule has 9 nitrogen and oxygen atoms in total. The number of aromatic nitrogens is 6. The molecule has 4 aromatic heterocycles. The maximum absolute atomic E-state index is 5.68. The summed E-state index contributed by atoms with van der Waals surface area (Å²) in [6.07, 6.45) is 5.92. The molecule has 0 aromatic carbocycles. The van der Waals surface area contributed by atoms with Crippen LogP contribution in [0.2, 0.25) is 0 Å². The van der Waals surface area contributed by atoms with E-state index in [-0.39, 0.29) is 11.8 Å². The first-order chi connectivity index (χ1) is 9.92. The van der Waals surface area contributed by atoms with Crippen molar-refractivity contribution in [3.05, 3.63) is 31.0 Å². The zero-order chi connectivity index (χ0) is 13.4. The fraction of sp³-hybridized carbons (Fsp3) is 0. The lowest BCUT2D eigenvalue weighted by Crippen LogP contribution is -1.83. The van der Waals surface area contributed by atoms with Crippen LogP contribution in [-0.2, 0) is 0 Å². The van der Waals surface area contributed by atoms with Gasteiger partial charge in [-0.2, -0.15) is 5.10 Å². The monoisotopic (exact) mass is 270 g/mol. The topological polar surface area (TPSA) is 120 Å². The van der Waals surface area contributed by atoms with E-state index < -0.39 is 0 Å². The third-order valence-corrected chi connectivity index (χ3v) is 2.59. The van der Waals surface area contributed by atoms with Gasteiger partial charge in [0.2, 0.25) is 0 Å². The molecule has 0 amide bonds. The van der Waals surface area contributed by atoms with E-state index in [9.17, 15) is 0 Å². The quantitative estimate of drug-likeness (QED) is 0.598. The Kier molecular flexibility index (Phi) is 2.22. The Hall–Kier alpha value is -3.23. The van der Waals surface area contributed by atoms with Crippen LogP contribution in [0.4, 0.5) is 0 Å². The van der Waals surface area contributed by atoms with Gasteiger partial charge in [0.1, 0.15) is 17.7 Å². The van der Waals surface area contributed by atoms with Crippen LogP contribution >= 0.6 is 0 Å². The van der Waals surface area contributed by atoms with Gasteiger partial charge in [-0.05, 0) is 6.07 Å². The Morgan fingerprint density at radius 1 is 1.15 bits per heavy atom. The summed E-state index contributed by atoms with van der Waals surface area (Å²) in [6, 6.07) is 1.75. The molecule has 0 spiro atoms. The van der Waals surface area contributed by atoms with Gasteiger partial charge in [-0.3, -0.25) is 5.10 Å². The second-order valence-corrected chi connectivity index (χ2v) is 3.79. The van der Waals surface area contributed by atoms with E-state index in [0.29, 0.717) is 22.8 Å². The number of H-pyrrole nitrogens is 1. The number of nitrogens with one attached hydrogen (secondary N) is 1. The van der Waals surface area contributed by atoms with Crippen molar-refractivity contribution in [1.29, 1.82) is 0 Å². The lowest BCUT2D eigenvalue weighted by atomic mass is 10.2. The van der Waals surface area contributed by atoms with E-state index >= 15 is 0 Å². The summed E-state index contributed by atoms with van der Waals surface area (Å²) in [6.45, 7) is 0. The van der Waals surface area contributed by atoms with E-state index in [2.05, 4.69) is 30.5 Å². The van der Waals surface area contributed by atoms with Crippen LogP contribution in [0.3, 0.4) is 0 Å². The molecule has 0 saturated heterocycles. The number of hydrogen-bond acceptors (Lipinski definition) is 8. The second-order valence-electron chi connectivity index (χ2n) is 3.79. The minimum absolute atomic E-state index is 0.234. The molecule has 0 atom stereocenters. The van der Waals surface area contributed by atoms with Crippen molar-refractivity contribution in [1.82, 2.24) is 30.5 Å². The highest BCUT2D eigenvalue weighted by Crippen LogP contribution is 2.33. The van der Waals surface area contributed by atoms with Crippen molar-refractivity contribution >= 4 is 0 Å². The molecule has 4 rings (SSSR count). The molecular formula is C11H6N6O3. The highest BCUT2D eigenvalue weighted by atomic mass is 16.5. The van der Waals surface area contributed by atoms with Gasteiger partial charge in [-0.1, -0.05) is 0 Å². The highest BCUT2D eigenvalue weighted by Gasteiger charge is 2.22. The molecular weight excluding hydrogens is 264 g/mol. The molecule has 0 aliphatic rings. The third-order valence-electron chi connectivity index (χ3n) is 2.59. The average Bonchev–Trinajstić information content (AvgIpc) is 3.22. The molecule has 98 valence electrons. The van der Waals surface area contributed by atoms with Crippen LogP contribution in [0.15, 0.2) is 44.3 Å². The summed E-state index contributed by atoms with van der Waals surface area (Å²) < 4.78 is 15.6. The highest BCUT2D eigenvalue weighted by molar-refractivity contribution is 5.73. The molecule has 4 aromatic rings. The molecule has 9 heteroatoms. The Morgan fingerprint density at radius 3 is 2.85 bits per heavy atom. The Morgan fingerprint density at radius 2 is 2.15 bits per heavy atom. The fourth-order valence-electron chi connectivity index (χ4n) is 1.75. The minimum Gasteiger partial charge on any atom is -0.441 e. The van der Waals surface area contributed by atoms with Crippen molar-refractivity contribution in [3.63, 3.8) is 0 Å². The molecule has 1 N–H and O–H groups in total. The first-order valence-corrected chi connectivity index (χ1v) is 5.59. The summed E-state index contributed by atoms with van der Waals surface area (Å²) in [4.78, 5) is 8.31. The SMILES string of the molecule is c1cc(-c2oc(-c3ncco3)nc2-c2conn2)[nH]n1. The summed E-state index contributed by atoms with van der Waals surface area (Å²) in [5.41, 5.74) is 1.55. The molecule has 0 saturated carbocycles. The van der Waals surface area contributed by atoms with Crippen molar-refractivity contribution in [2.45, 2.75) is 0 Å². The summed E-state index contributed by atoms with van der Waals surface area (Å²) in [5, 5.41) is 13.9. The first-order valence-electron chi connectivity index (χ1n) is 5.59. The van der Waals surface area contributed by atoms with Crippen molar-refractivity contribution in [3.8, 4) is 34.6 Å². The normalized spacial score (nSPS) is 11.0. The zero-order valence-electron chi connectivity index (χ0n) is 9.85. The van der Waals surface area contributed by atoms with Gasteiger partial charge in [0.05, 0.1) is 6.20 Å². The van der Waals surface area contributed by atoms with Gasteiger partial charge < -0.3 is 13.4 Å². The van der Waals surface area contributed by atoms with Gasteiger partial charge in [0.15, 0.2) is 17.7 Å². The van der Waals surface area contributed by atoms with Crippen LogP contribution in [0, 0.1) is 0 Å². The van der Waals surface area contributed by atoms with Crippen LogP contribution in [-0.4, -0.2) is 30.5 Å². The van der Waals surface area contributed by atoms with Crippen LogP contribution in [0.25, 0.3) is 34.6 Å². The smallest absolute Gasteiger partial charge is 0.284 e. The molecule has 0 bridgehead atoms. The van der Waals surface area contributed by atoms with E-state index in [0.717, 1.165) is 0 Å². The number of oxazole rings is 2. The van der Waals surface area contributed by atoms with Crippen LogP contribution in [0.1, 0.15) is 0 Å². The summed E-state index contributed by atoms with van der Waals surface area (Å²) in [7, 11) is 0. The van der Waals surface area contributed by atoms with Gasteiger partial charge in [0.25, 0.3) is 11.8 Å². The molecule has 20 heavy (non-hydrogen) atoms. The standard InChI is InChI=1S/C11H6N6O3/c1-2-13-15-6(1)9-8(7-5-19-17-16-7)14-11(20-9)10-12-3-4-18-10/h1-5H,(H,13,15). The Balaban J connectivity index is 1.92. The number of aromatic amines is 1. The first kappa shape index (κ1) is 10.7. The van der Waals surface area contributed by atoms with Gasteiger partial charge >= 0.3 is 0 Å². The lowest BCUT2D eigenvalue weighted by Gasteiger charge is -1.92. The maximum Gasteiger partial charge on any atom is 0.284 e. The van der Waals surface area contributed by atoms with Crippen molar-refractivity contribution in [2.24, 2.45) is 0 Å². The molecule has 4 heterocycles. The van der Waals surface area contributed by atoms with Crippen LogP contribution < -0.4 is 0 Å². The lowest BCUT2D eigenvalue weighted by molar-refractivity contribution is 0.393. The van der Waals surface area contributed by atoms with E-state index in [4.69, 9.17) is 13.4 Å². The van der Waals surface area contributed by atoms with Gasteiger partial charge in [-0.25, -0.2) is 9.97 Å². The predicted octanol–water partition coefficient (Wildman–Crippen LogP) is 1.77. The summed E-state index contributed by atoms with van der Waals surface area (Å²) >= 11 is 0. The third kappa shape index (κ3) is 1.61. The summed E-state index contributed by atoms with van der Waals surface area (Å²) in [5.74, 6) is 0.956. The maximum atomic E-state index is 5.68. The number of rotatable bonds is 3.